The van der Waals surface area contributed by atoms with Crippen LogP contribution in [0.1, 0.15) is 24.3 Å². The molecule has 1 aliphatic heterocycles. The minimum atomic E-state index is 0.566. The maximum atomic E-state index is 5.83. The monoisotopic (exact) mass is 207 g/mol. The van der Waals surface area contributed by atoms with Gasteiger partial charge in [0.1, 0.15) is 5.75 Å². The number of methoxy groups -OCH3 is 1. The first-order chi connectivity index (χ1) is 7.29. The van der Waals surface area contributed by atoms with E-state index in [4.69, 9.17) is 15.2 Å². The number of nitrogen functional groups attached to an aromatic ring is 1. The summed E-state index contributed by atoms with van der Waals surface area (Å²) < 4.78 is 10.6. The highest BCUT2D eigenvalue weighted by Crippen LogP contribution is 2.30. The van der Waals surface area contributed by atoms with Crippen molar-refractivity contribution < 1.29 is 9.47 Å². The lowest BCUT2D eigenvalue weighted by atomic mass is 9.91. The van der Waals surface area contributed by atoms with Gasteiger partial charge in [0, 0.05) is 25.0 Å². The third kappa shape index (κ3) is 2.42. The lowest BCUT2D eigenvalue weighted by Gasteiger charge is -2.23. The van der Waals surface area contributed by atoms with Gasteiger partial charge >= 0.3 is 0 Å². The summed E-state index contributed by atoms with van der Waals surface area (Å²) in [7, 11) is 1.67. The van der Waals surface area contributed by atoms with E-state index in [9.17, 15) is 0 Å². The topological polar surface area (TPSA) is 44.5 Å². The molecule has 0 bridgehead atoms. The quantitative estimate of drug-likeness (QED) is 0.756. The van der Waals surface area contributed by atoms with E-state index in [2.05, 4.69) is 6.07 Å². The van der Waals surface area contributed by atoms with E-state index < -0.39 is 0 Å². The fourth-order valence-electron chi connectivity index (χ4n) is 2.03. The Labute approximate surface area is 90.2 Å². The molecule has 82 valence electrons. The summed E-state index contributed by atoms with van der Waals surface area (Å²) in [5.41, 5.74) is 7.88. The summed E-state index contributed by atoms with van der Waals surface area (Å²) in [6.07, 6.45) is 2.15. The molecule has 2 N–H and O–H groups in total. The van der Waals surface area contributed by atoms with Gasteiger partial charge in [0.05, 0.1) is 7.11 Å². The Bertz CT molecular complexity index is 332. The SMILES string of the molecule is COc1cc(N)cc(C2CCOCC2)c1. The van der Waals surface area contributed by atoms with Crippen molar-refractivity contribution in [3.8, 4) is 5.75 Å². The first kappa shape index (κ1) is 10.3. The standard InChI is InChI=1S/C12H17NO2/c1-14-12-7-10(6-11(13)8-12)9-2-4-15-5-3-9/h6-9H,2-5,13H2,1H3. The molecule has 1 fully saturated rings. The zero-order valence-corrected chi connectivity index (χ0v) is 9.03. The van der Waals surface area contributed by atoms with E-state index in [1.165, 1.54) is 5.56 Å². The minimum absolute atomic E-state index is 0.566. The Balaban J connectivity index is 2.22. The molecule has 1 heterocycles. The molecule has 0 aliphatic carbocycles. The predicted molar refractivity (Wildman–Crippen MR) is 60.2 cm³/mol. The Morgan fingerprint density at radius 3 is 2.67 bits per heavy atom. The lowest BCUT2D eigenvalue weighted by molar-refractivity contribution is 0.0853. The van der Waals surface area contributed by atoms with Gasteiger partial charge in [0.15, 0.2) is 0 Å². The van der Waals surface area contributed by atoms with Gasteiger partial charge in [-0.3, -0.25) is 0 Å². The molecule has 0 spiro atoms. The average Bonchev–Trinajstić information content (AvgIpc) is 2.29. The van der Waals surface area contributed by atoms with E-state index in [0.717, 1.165) is 37.5 Å². The fraction of sp³-hybridized carbons (Fsp3) is 0.500. The Hall–Kier alpha value is -1.22. The van der Waals surface area contributed by atoms with Crippen LogP contribution in [0.4, 0.5) is 5.69 Å². The number of hydrogen-bond acceptors (Lipinski definition) is 3. The molecule has 0 amide bonds. The molecule has 2 rings (SSSR count). The molecule has 1 aliphatic rings. The third-order valence-corrected chi connectivity index (χ3v) is 2.88. The fourth-order valence-corrected chi connectivity index (χ4v) is 2.03. The van der Waals surface area contributed by atoms with Crippen LogP contribution in [0.2, 0.25) is 0 Å². The molecule has 0 aromatic heterocycles. The molecule has 1 aromatic carbocycles. The summed E-state index contributed by atoms with van der Waals surface area (Å²) in [4.78, 5) is 0. The van der Waals surface area contributed by atoms with Gasteiger partial charge in [-0.25, -0.2) is 0 Å². The van der Waals surface area contributed by atoms with E-state index in [-0.39, 0.29) is 0 Å². The van der Waals surface area contributed by atoms with E-state index in [0.29, 0.717) is 5.92 Å². The second kappa shape index (κ2) is 4.53. The summed E-state index contributed by atoms with van der Waals surface area (Å²) >= 11 is 0. The van der Waals surface area contributed by atoms with Crippen LogP contribution in [-0.2, 0) is 4.74 Å². The molecule has 3 heteroatoms. The average molecular weight is 207 g/mol. The molecule has 1 aromatic rings. The maximum absolute atomic E-state index is 5.83. The molecule has 3 nitrogen and oxygen atoms in total. The molecule has 0 radical (unpaired) electrons. The van der Waals surface area contributed by atoms with Crippen LogP contribution in [0.5, 0.6) is 5.75 Å². The summed E-state index contributed by atoms with van der Waals surface area (Å²) in [6, 6.07) is 5.97. The van der Waals surface area contributed by atoms with Gasteiger partial charge in [0.2, 0.25) is 0 Å². The number of hydrogen-bond donors (Lipinski definition) is 1. The Kier molecular flexibility index (Phi) is 3.11. The Morgan fingerprint density at radius 1 is 1.27 bits per heavy atom. The van der Waals surface area contributed by atoms with E-state index in [1.807, 2.05) is 12.1 Å². The molecular weight excluding hydrogens is 190 g/mol. The van der Waals surface area contributed by atoms with Gasteiger partial charge in [-0.2, -0.15) is 0 Å². The summed E-state index contributed by atoms with van der Waals surface area (Å²) in [6.45, 7) is 1.70. The smallest absolute Gasteiger partial charge is 0.121 e. The highest BCUT2D eigenvalue weighted by molar-refractivity contribution is 5.48. The highest BCUT2D eigenvalue weighted by Gasteiger charge is 2.16. The normalized spacial score (nSPS) is 17.7. The molecule has 15 heavy (non-hydrogen) atoms. The van der Waals surface area contributed by atoms with Crippen molar-refractivity contribution in [1.29, 1.82) is 0 Å². The van der Waals surface area contributed by atoms with E-state index in [1.54, 1.807) is 7.11 Å². The number of ether oxygens (including phenoxy) is 2. The van der Waals surface area contributed by atoms with Crippen molar-refractivity contribution in [3.63, 3.8) is 0 Å². The van der Waals surface area contributed by atoms with Crippen molar-refractivity contribution in [3.05, 3.63) is 23.8 Å². The zero-order valence-electron chi connectivity index (χ0n) is 9.03. The van der Waals surface area contributed by atoms with Crippen LogP contribution in [0, 0.1) is 0 Å². The van der Waals surface area contributed by atoms with Crippen LogP contribution in [0.3, 0.4) is 0 Å². The van der Waals surface area contributed by atoms with Crippen LogP contribution in [0.15, 0.2) is 18.2 Å². The number of nitrogens with two attached hydrogens (primary N) is 1. The van der Waals surface area contributed by atoms with Crippen LogP contribution in [0.25, 0.3) is 0 Å². The Morgan fingerprint density at radius 2 is 2.00 bits per heavy atom. The molecule has 0 atom stereocenters. The maximum Gasteiger partial charge on any atom is 0.121 e. The van der Waals surface area contributed by atoms with Crippen LogP contribution in [-0.4, -0.2) is 20.3 Å². The third-order valence-electron chi connectivity index (χ3n) is 2.88. The van der Waals surface area contributed by atoms with Crippen molar-refractivity contribution in [1.82, 2.24) is 0 Å². The summed E-state index contributed by atoms with van der Waals surface area (Å²) in [5, 5.41) is 0. The largest absolute Gasteiger partial charge is 0.497 e. The molecule has 0 unspecified atom stereocenters. The lowest BCUT2D eigenvalue weighted by Crippen LogP contribution is -2.14. The highest BCUT2D eigenvalue weighted by atomic mass is 16.5. The zero-order chi connectivity index (χ0) is 10.7. The minimum Gasteiger partial charge on any atom is -0.497 e. The predicted octanol–water partition coefficient (Wildman–Crippen LogP) is 2.17. The first-order valence-electron chi connectivity index (χ1n) is 5.32. The second-order valence-corrected chi connectivity index (χ2v) is 3.93. The van der Waals surface area contributed by atoms with Gasteiger partial charge in [-0.1, -0.05) is 0 Å². The van der Waals surface area contributed by atoms with E-state index >= 15 is 0 Å². The molecule has 0 saturated carbocycles. The summed E-state index contributed by atoms with van der Waals surface area (Å²) in [5.74, 6) is 1.41. The van der Waals surface area contributed by atoms with Crippen molar-refractivity contribution in [2.75, 3.05) is 26.1 Å². The molecular formula is C12H17NO2. The van der Waals surface area contributed by atoms with Crippen LogP contribution < -0.4 is 10.5 Å². The van der Waals surface area contributed by atoms with Gasteiger partial charge in [-0.15, -0.1) is 0 Å². The van der Waals surface area contributed by atoms with Crippen molar-refractivity contribution in [2.45, 2.75) is 18.8 Å². The molecule has 1 saturated heterocycles. The number of anilines is 1. The van der Waals surface area contributed by atoms with Gasteiger partial charge < -0.3 is 15.2 Å². The number of rotatable bonds is 2. The van der Waals surface area contributed by atoms with Gasteiger partial charge in [0.25, 0.3) is 0 Å². The van der Waals surface area contributed by atoms with Gasteiger partial charge in [-0.05, 0) is 36.5 Å². The van der Waals surface area contributed by atoms with Crippen molar-refractivity contribution >= 4 is 5.69 Å². The van der Waals surface area contributed by atoms with Crippen LogP contribution >= 0.6 is 0 Å². The first-order valence-corrected chi connectivity index (χ1v) is 5.32. The van der Waals surface area contributed by atoms with Crippen molar-refractivity contribution in [2.24, 2.45) is 0 Å². The second-order valence-electron chi connectivity index (χ2n) is 3.93. The number of benzene rings is 1.